The lowest BCUT2D eigenvalue weighted by Gasteiger charge is -2.36. The Kier molecular flexibility index (Phi) is 14.2. The fourth-order valence-electron chi connectivity index (χ4n) is 19.5. The quantitative estimate of drug-likeness (QED) is 0.120. The second kappa shape index (κ2) is 24.4. The van der Waals surface area contributed by atoms with Gasteiger partial charge in [0.15, 0.2) is 0 Å². The number of benzene rings is 17. The first kappa shape index (κ1) is 62.2. The Labute approximate surface area is 625 Å². The fraction of sp³-hybridized carbons (Fsp3) is 0.0476. The lowest BCUT2D eigenvalue weighted by Crippen LogP contribution is -2.29. The standard InChI is InChI=1S/C105H72N2/c1-69-44-56-89-91-59-53-83(67-101(91)103(99(89)62-69,75-30-10-4-11-31-75)76-32-12-5-13-33-76)107(84-54-60-92-90-57-45-70(2)63-100(90)104(102(92)68-84,77-34-14-6-15-35-77)78-36-16-7-17-37-78)81-52-58-85(93(65-81)72-27-8-3-9-28-72)73-47-49-79(50-48-73)106(80-51-46-71-26-18-19-29-74(71)64-80)82-55-61-98-94(66-82)88-40-22-25-43-97(88)105(98)95-41-23-20-38-86(95)87-39-21-24-42-96(87)105/h3-68H,1-2H3. The minimum absolute atomic E-state index is 0.441. The van der Waals surface area contributed by atoms with Crippen LogP contribution in [0.2, 0.25) is 0 Å². The van der Waals surface area contributed by atoms with E-state index >= 15 is 0 Å². The van der Waals surface area contributed by atoms with Crippen molar-refractivity contribution in [1.29, 1.82) is 0 Å². The average molecular weight is 1360 g/mol. The van der Waals surface area contributed by atoms with Crippen LogP contribution in [-0.2, 0) is 16.2 Å². The van der Waals surface area contributed by atoms with Crippen molar-refractivity contribution in [3.8, 4) is 66.8 Å². The van der Waals surface area contributed by atoms with Gasteiger partial charge >= 0.3 is 0 Å². The molecule has 0 saturated carbocycles. The number of hydrogen-bond acceptors (Lipinski definition) is 2. The number of anilines is 6. The molecule has 0 aromatic heterocycles. The van der Waals surface area contributed by atoms with Gasteiger partial charge in [0.25, 0.3) is 0 Å². The van der Waals surface area contributed by atoms with E-state index in [1.807, 2.05) is 0 Å². The molecule has 0 amide bonds. The zero-order chi connectivity index (χ0) is 71.0. The highest BCUT2D eigenvalue weighted by Gasteiger charge is 2.53. The topological polar surface area (TPSA) is 6.48 Å². The molecule has 0 aliphatic heterocycles. The first-order valence-electron chi connectivity index (χ1n) is 37.4. The molecule has 107 heavy (non-hydrogen) atoms. The van der Waals surface area contributed by atoms with Crippen molar-refractivity contribution in [1.82, 2.24) is 0 Å². The summed E-state index contributed by atoms with van der Waals surface area (Å²) in [7, 11) is 0. The number of hydrogen-bond donors (Lipinski definition) is 0. The molecule has 17 aromatic rings. The summed E-state index contributed by atoms with van der Waals surface area (Å²) >= 11 is 0. The molecule has 2 heteroatoms. The Morgan fingerprint density at radius 2 is 0.477 bits per heavy atom. The molecular weight excluding hydrogens is 1290 g/mol. The molecule has 0 fully saturated rings. The Morgan fingerprint density at radius 1 is 0.168 bits per heavy atom. The number of fused-ring (bicyclic) bond motifs is 17. The maximum Gasteiger partial charge on any atom is 0.0725 e. The lowest BCUT2D eigenvalue weighted by molar-refractivity contribution is 0.766. The van der Waals surface area contributed by atoms with Crippen LogP contribution in [0.25, 0.3) is 77.5 Å². The molecule has 0 bridgehead atoms. The summed E-state index contributed by atoms with van der Waals surface area (Å²) in [5, 5.41) is 2.40. The number of rotatable bonds is 12. The third kappa shape index (κ3) is 9.19. The minimum atomic E-state index is -0.632. The van der Waals surface area contributed by atoms with E-state index in [0.29, 0.717) is 0 Å². The molecule has 4 aliphatic rings. The number of aryl methyl sites for hydroxylation is 2. The summed E-state index contributed by atoms with van der Waals surface area (Å²) in [4.78, 5) is 5.01. The van der Waals surface area contributed by atoms with Crippen molar-refractivity contribution in [3.63, 3.8) is 0 Å². The van der Waals surface area contributed by atoms with Crippen LogP contribution < -0.4 is 9.80 Å². The van der Waals surface area contributed by atoms with Gasteiger partial charge in [-0.3, -0.25) is 0 Å². The van der Waals surface area contributed by atoms with E-state index in [1.54, 1.807) is 0 Å². The van der Waals surface area contributed by atoms with Crippen LogP contribution in [0.1, 0.15) is 77.9 Å². The molecule has 0 unspecified atom stereocenters. The zero-order valence-electron chi connectivity index (χ0n) is 59.5. The van der Waals surface area contributed by atoms with Crippen molar-refractivity contribution in [2.24, 2.45) is 0 Å². The molecule has 0 radical (unpaired) electrons. The van der Waals surface area contributed by atoms with Crippen LogP contribution in [0.5, 0.6) is 0 Å². The van der Waals surface area contributed by atoms with E-state index in [4.69, 9.17) is 0 Å². The highest BCUT2D eigenvalue weighted by molar-refractivity contribution is 6.00. The molecule has 2 nitrogen and oxygen atoms in total. The van der Waals surface area contributed by atoms with Gasteiger partial charge in [-0.2, -0.15) is 0 Å². The average Bonchev–Trinajstić information content (AvgIpc) is 1.52. The van der Waals surface area contributed by atoms with Gasteiger partial charge in [0.05, 0.1) is 16.2 Å². The predicted molar refractivity (Wildman–Crippen MR) is 445 cm³/mol. The summed E-state index contributed by atoms with van der Waals surface area (Å²) in [5.74, 6) is 0. The van der Waals surface area contributed by atoms with E-state index in [2.05, 4.69) is 424 Å². The van der Waals surface area contributed by atoms with Crippen molar-refractivity contribution >= 4 is 44.9 Å². The van der Waals surface area contributed by atoms with Crippen molar-refractivity contribution in [2.75, 3.05) is 9.80 Å². The molecule has 17 aromatic carbocycles. The van der Waals surface area contributed by atoms with Crippen molar-refractivity contribution < 1.29 is 0 Å². The molecule has 1 spiro atoms. The van der Waals surface area contributed by atoms with Gasteiger partial charge in [-0.05, 0) is 231 Å². The van der Waals surface area contributed by atoms with Crippen LogP contribution in [0.4, 0.5) is 34.1 Å². The Hall–Kier alpha value is -13.4. The van der Waals surface area contributed by atoms with Crippen LogP contribution in [0.3, 0.4) is 0 Å². The van der Waals surface area contributed by atoms with Crippen LogP contribution in [0.15, 0.2) is 400 Å². The summed E-state index contributed by atoms with van der Waals surface area (Å²) in [6, 6.07) is 151. The molecule has 0 atom stereocenters. The third-order valence-corrected chi connectivity index (χ3v) is 23.9. The summed E-state index contributed by atoms with van der Waals surface area (Å²) in [5.41, 5.74) is 37.2. The predicted octanol–water partition coefficient (Wildman–Crippen LogP) is 26.8. The second-order valence-electron chi connectivity index (χ2n) is 29.5. The molecule has 0 heterocycles. The Morgan fingerprint density at radius 3 is 0.963 bits per heavy atom. The summed E-state index contributed by atoms with van der Waals surface area (Å²) in [6.45, 7) is 4.46. The fourth-order valence-corrected chi connectivity index (χ4v) is 19.5. The Balaban J connectivity index is 0.759. The smallest absolute Gasteiger partial charge is 0.0725 e. The SMILES string of the molecule is Cc1ccc2c(c1)C(c1ccccc1)(c1ccccc1)c1cc(N(c3ccc(-c4ccc(N(c5ccc6c(c5)-c5ccccc5C65c6ccccc6-c6ccccc65)c5ccc6ccccc6c5)cc4)c(-c4ccccc4)c3)c3ccc4c(c3)C(c3ccccc3)(c3ccccc3)c3cc(C)ccc3-4)ccc1-2. The van der Waals surface area contributed by atoms with E-state index in [1.165, 1.54) is 133 Å². The zero-order valence-corrected chi connectivity index (χ0v) is 59.5. The highest BCUT2D eigenvalue weighted by Crippen LogP contribution is 2.65. The largest absolute Gasteiger partial charge is 0.310 e. The monoisotopic (exact) mass is 1360 g/mol. The molecular formula is C105H72N2. The van der Waals surface area contributed by atoms with Crippen LogP contribution >= 0.6 is 0 Å². The first-order chi connectivity index (χ1) is 52.9. The van der Waals surface area contributed by atoms with Gasteiger partial charge in [0, 0.05) is 34.1 Å². The van der Waals surface area contributed by atoms with Gasteiger partial charge in [-0.25, -0.2) is 0 Å². The Bertz CT molecular complexity index is 6080. The molecule has 502 valence electrons. The van der Waals surface area contributed by atoms with Crippen LogP contribution in [-0.4, -0.2) is 0 Å². The number of nitrogens with zero attached hydrogens (tertiary/aromatic N) is 2. The molecule has 21 rings (SSSR count). The second-order valence-corrected chi connectivity index (χ2v) is 29.5. The third-order valence-electron chi connectivity index (χ3n) is 23.9. The van der Waals surface area contributed by atoms with Crippen LogP contribution in [0, 0.1) is 13.8 Å². The van der Waals surface area contributed by atoms with E-state index in [9.17, 15) is 0 Å². The van der Waals surface area contributed by atoms with E-state index in [0.717, 1.165) is 56.4 Å². The minimum Gasteiger partial charge on any atom is -0.310 e. The lowest BCUT2D eigenvalue weighted by atomic mass is 9.67. The highest BCUT2D eigenvalue weighted by atomic mass is 15.1. The van der Waals surface area contributed by atoms with Gasteiger partial charge in [-0.15, -0.1) is 0 Å². The van der Waals surface area contributed by atoms with Gasteiger partial charge in [0.1, 0.15) is 0 Å². The molecule has 4 aliphatic carbocycles. The normalized spacial score (nSPS) is 13.7. The molecule has 0 saturated heterocycles. The molecule has 0 N–H and O–H groups in total. The van der Waals surface area contributed by atoms with Gasteiger partial charge < -0.3 is 9.80 Å². The van der Waals surface area contributed by atoms with Crippen molar-refractivity contribution in [3.05, 3.63) is 478 Å². The van der Waals surface area contributed by atoms with Gasteiger partial charge in [-0.1, -0.05) is 339 Å². The van der Waals surface area contributed by atoms with E-state index in [-0.39, 0.29) is 0 Å². The van der Waals surface area contributed by atoms with Gasteiger partial charge in [0.2, 0.25) is 0 Å². The first-order valence-corrected chi connectivity index (χ1v) is 37.4. The maximum absolute atomic E-state index is 2.55. The summed E-state index contributed by atoms with van der Waals surface area (Å²) < 4.78 is 0. The maximum atomic E-state index is 2.55. The van der Waals surface area contributed by atoms with Crippen molar-refractivity contribution in [2.45, 2.75) is 30.1 Å². The van der Waals surface area contributed by atoms with E-state index < -0.39 is 16.2 Å². The summed E-state index contributed by atoms with van der Waals surface area (Å²) in [6.07, 6.45) is 0.